The molecule has 2 atom stereocenters. The van der Waals surface area contributed by atoms with Gasteiger partial charge in [-0.25, -0.2) is 0 Å². The topological polar surface area (TPSA) is 54.4 Å². The Morgan fingerprint density at radius 2 is 2.27 bits per heavy atom. The second-order valence-corrected chi connectivity index (χ2v) is 4.08. The van der Waals surface area contributed by atoms with E-state index in [0.29, 0.717) is 12.8 Å². The molecule has 84 valence electrons. The Morgan fingerprint density at radius 1 is 1.53 bits per heavy atom. The van der Waals surface area contributed by atoms with Crippen molar-refractivity contribution in [1.82, 2.24) is 0 Å². The molecule has 1 aliphatic rings. The monoisotopic (exact) mass is 212 g/mol. The van der Waals surface area contributed by atoms with E-state index in [1.807, 2.05) is 19.1 Å². The van der Waals surface area contributed by atoms with Crippen molar-refractivity contribution in [2.75, 3.05) is 0 Å². The number of carboxylic acid groups (broad SMARTS) is 1. The molecule has 1 saturated carbocycles. The van der Waals surface area contributed by atoms with Gasteiger partial charge < -0.3 is 5.11 Å². The van der Waals surface area contributed by atoms with Gasteiger partial charge in [0.25, 0.3) is 0 Å². The van der Waals surface area contributed by atoms with Crippen molar-refractivity contribution in [2.24, 2.45) is 11.8 Å². The molecule has 0 aliphatic heterocycles. The molecule has 0 aromatic carbocycles. The van der Waals surface area contributed by atoms with E-state index in [9.17, 15) is 9.59 Å². The highest BCUT2D eigenvalue weighted by Gasteiger charge is 2.34. The van der Waals surface area contributed by atoms with Crippen molar-refractivity contribution in [3.05, 3.63) is 12.2 Å². The molecule has 0 aromatic heterocycles. The number of Topliss-reactive ketones (excluding diaryl/α,β-unsaturated/α-hetero) is 1. The molecule has 3 heteroatoms. The molecule has 0 saturated heterocycles. The zero-order valence-electron chi connectivity index (χ0n) is 9.11. The van der Waals surface area contributed by atoms with Crippen LogP contribution >= 0.6 is 0 Å². The third kappa shape index (κ3) is 3.50. The van der Waals surface area contributed by atoms with E-state index >= 15 is 0 Å². The van der Waals surface area contributed by atoms with Gasteiger partial charge in [0.1, 0.15) is 5.78 Å². The molecule has 3 nitrogen and oxygen atoms in total. The van der Waals surface area contributed by atoms with Crippen molar-refractivity contribution in [2.45, 2.75) is 39.0 Å². The summed E-state index contributed by atoms with van der Waals surface area (Å²) in [6, 6.07) is 0. The largest absolute Gasteiger partial charge is 0.481 e. The van der Waals surface area contributed by atoms with Crippen LogP contribution in [0.4, 0.5) is 0 Å². The SMILES string of the molecule is CC/C=C\C[C@H]1C(=O)CC[C@@H]1[13CH2][13C](=O)O. The number of carbonyl (C=O) groups excluding carboxylic acids is 1. The average Bonchev–Trinajstić information content (AvgIpc) is 2.49. The molecular weight excluding hydrogens is 194 g/mol. The highest BCUT2D eigenvalue weighted by atomic mass is 16.5. The fourth-order valence-corrected chi connectivity index (χ4v) is 2.18. The van der Waals surface area contributed by atoms with Crippen LogP contribution in [0.3, 0.4) is 0 Å². The quantitative estimate of drug-likeness (QED) is 0.562. The summed E-state index contributed by atoms with van der Waals surface area (Å²) in [5, 5.41) is 8.72. The third-order valence-electron chi connectivity index (χ3n) is 2.97. The van der Waals surface area contributed by atoms with E-state index in [0.717, 1.165) is 12.8 Å². The number of hydrogen-bond donors (Lipinski definition) is 1. The van der Waals surface area contributed by atoms with E-state index < -0.39 is 5.97 Å². The molecular formula is C12H18O3. The van der Waals surface area contributed by atoms with Gasteiger partial charge in [-0.15, -0.1) is 0 Å². The summed E-state index contributed by atoms with van der Waals surface area (Å²) in [6.45, 7) is 2.04. The van der Waals surface area contributed by atoms with Crippen molar-refractivity contribution < 1.29 is 14.7 Å². The molecule has 1 rings (SSSR count). The summed E-state index contributed by atoms with van der Waals surface area (Å²) in [4.78, 5) is 22.1. The molecule has 0 bridgehead atoms. The van der Waals surface area contributed by atoms with Crippen LogP contribution in [0.15, 0.2) is 12.2 Å². The lowest BCUT2D eigenvalue weighted by atomic mass is 9.96. The molecule has 1 aliphatic carbocycles. The molecule has 0 aromatic rings. The Labute approximate surface area is 90.2 Å². The first-order valence-electron chi connectivity index (χ1n) is 5.54. The maximum Gasteiger partial charge on any atom is 0.303 e. The van der Waals surface area contributed by atoms with Gasteiger partial charge in [-0.2, -0.15) is 0 Å². The lowest BCUT2D eigenvalue weighted by molar-refractivity contribution is -0.138. The summed E-state index contributed by atoms with van der Waals surface area (Å²) >= 11 is 0. The standard InChI is InChI=1S/C12H18O3/c1-2-3-4-5-10-9(8-12(14)15)6-7-11(10)13/h3-4,9-10H,2,5-8H2,1H3,(H,14,15)/b4-3-/t9-,10-/m1/s1/i8+1,12+1. The maximum absolute atomic E-state index is 11.5. The van der Waals surface area contributed by atoms with Crippen LogP contribution in [0, 0.1) is 11.8 Å². The minimum Gasteiger partial charge on any atom is -0.481 e. The zero-order chi connectivity index (χ0) is 11.3. The van der Waals surface area contributed by atoms with Crippen LogP contribution in [0.5, 0.6) is 0 Å². The van der Waals surface area contributed by atoms with Crippen LogP contribution in [-0.2, 0) is 9.59 Å². The number of ketones is 1. The highest BCUT2D eigenvalue weighted by Crippen LogP contribution is 2.33. The Hall–Kier alpha value is -1.12. The smallest absolute Gasteiger partial charge is 0.303 e. The van der Waals surface area contributed by atoms with Crippen LogP contribution in [-0.4, -0.2) is 16.9 Å². The van der Waals surface area contributed by atoms with Gasteiger partial charge in [0.2, 0.25) is 0 Å². The summed E-state index contributed by atoms with van der Waals surface area (Å²) in [5.74, 6) is -0.554. The molecule has 0 unspecified atom stereocenters. The molecule has 1 N–H and O–H groups in total. The van der Waals surface area contributed by atoms with E-state index in [1.165, 1.54) is 0 Å². The van der Waals surface area contributed by atoms with E-state index in [4.69, 9.17) is 5.11 Å². The lowest BCUT2D eigenvalue weighted by Crippen LogP contribution is -2.17. The number of carboxylic acids is 1. The van der Waals surface area contributed by atoms with Crippen LogP contribution < -0.4 is 0 Å². The van der Waals surface area contributed by atoms with Crippen molar-refractivity contribution in [3.63, 3.8) is 0 Å². The molecule has 15 heavy (non-hydrogen) atoms. The van der Waals surface area contributed by atoms with Crippen molar-refractivity contribution in [1.29, 1.82) is 0 Å². The first kappa shape index (κ1) is 12.0. The van der Waals surface area contributed by atoms with Crippen LogP contribution in [0.2, 0.25) is 0 Å². The molecule has 0 spiro atoms. The van der Waals surface area contributed by atoms with Gasteiger partial charge in [0.05, 0.1) is 0 Å². The first-order chi connectivity index (χ1) is 7.15. The number of aliphatic carboxylic acids is 1. The Morgan fingerprint density at radius 3 is 2.87 bits per heavy atom. The van der Waals surface area contributed by atoms with Gasteiger partial charge in [-0.3, -0.25) is 9.59 Å². The summed E-state index contributed by atoms with van der Waals surface area (Å²) in [7, 11) is 0. The van der Waals surface area contributed by atoms with Crippen LogP contribution in [0.1, 0.15) is 39.0 Å². The van der Waals surface area contributed by atoms with Gasteiger partial charge in [0.15, 0.2) is 0 Å². The molecule has 0 heterocycles. The van der Waals surface area contributed by atoms with E-state index in [-0.39, 0.29) is 24.0 Å². The summed E-state index contributed by atoms with van der Waals surface area (Å²) in [6.07, 6.45) is 7.15. The van der Waals surface area contributed by atoms with Crippen molar-refractivity contribution >= 4 is 11.8 Å². The maximum atomic E-state index is 11.5. The second-order valence-electron chi connectivity index (χ2n) is 4.08. The zero-order valence-corrected chi connectivity index (χ0v) is 9.11. The normalized spacial score (nSPS) is 26.3. The van der Waals surface area contributed by atoms with Crippen LogP contribution in [0.25, 0.3) is 0 Å². The summed E-state index contributed by atoms with van der Waals surface area (Å²) in [5.41, 5.74) is 0. The van der Waals surface area contributed by atoms with Gasteiger partial charge >= 0.3 is 5.97 Å². The van der Waals surface area contributed by atoms with E-state index in [2.05, 4.69) is 0 Å². The predicted octanol–water partition coefficient (Wildman–Crippen LogP) is 2.41. The Balaban J connectivity index is 2.52. The predicted molar refractivity (Wildman–Crippen MR) is 57.5 cm³/mol. The van der Waals surface area contributed by atoms with Gasteiger partial charge in [-0.1, -0.05) is 19.1 Å². The van der Waals surface area contributed by atoms with E-state index in [1.54, 1.807) is 0 Å². The first-order valence-corrected chi connectivity index (χ1v) is 5.54. The van der Waals surface area contributed by atoms with Gasteiger partial charge in [-0.05, 0) is 25.2 Å². The number of allylic oxidation sites excluding steroid dienone is 2. The lowest BCUT2D eigenvalue weighted by Gasteiger charge is -2.14. The fourth-order valence-electron chi connectivity index (χ4n) is 2.18. The highest BCUT2D eigenvalue weighted by molar-refractivity contribution is 5.84. The Bertz CT molecular complexity index is 268. The fraction of sp³-hybridized carbons (Fsp3) is 0.667. The molecule has 0 radical (unpaired) electrons. The second kappa shape index (κ2) is 5.69. The molecule has 1 fully saturated rings. The Kier molecular flexibility index (Phi) is 4.53. The number of hydrogen-bond acceptors (Lipinski definition) is 2. The van der Waals surface area contributed by atoms with Gasteiger partial charge in [0, 0.05) is 18.8 Å². The summed E-state index contributed by atoms with van der Waals surface area (Å²) < 4.78 is 0. The minimum atomic E-state index is -0.792. The average molecular weight is 212 g/mol. The number of rotatable bonds is 5. The number of carbonyl (C=O) groups is 2. The molecule has 0 amide bonds. The third-order valence-corrected chi connectivity index (χ3v) is 2.97. The van der Waals surface area contributed by atoms with Crippen molar-refractivity contribution in [3.8, 4) is 0 Å². The minimum absolute atomic E-state index is 0.0519.